The molecular weight excluding hydrogens is 191 g/mol. The summed E-state index contributed by atoms with van der Waals surface area (Å²) in [7, 11) is 0. The third-order valence-electron chi connectivity index (χ3n) is 3.55. The van der Waals surface area contributed by atoms with Crippen LogP contribution < -0.4 is 5.73 Å². The maximum Gasteiger partial charge on any atom is 0.145 e. The van der Waals surface area contributed by atoms with Gasteiger partial charge in [-0.2, -0.15) is 0 Å². The van der Waals surface area contributed by atoms with Crippen LogP contribution in [0, 0.1) is 5.82 Å². The highest BCUT2D eigenvalue weighted by Crippen LogP contribution is 2.39. The normalized spacial score (nSPS) is 20.1. The molecule has 0 spiro atoms. The van der Waals surface area contributed by atoms with Crippen molar-refractivity contribution >= 4 is 0 Å². The Morgan fingerprint density at radius 3 is 2.67 bits per heavy atom. The molecule has 0 aromatic carbocycles. The lowest BCUT2D eigenvalue weighted by atomic mass is 9.69. The van der Waals surface area contributed by atoms with Crippen LogP contribution in [0.3, 0.4) is 0 Å². The summed E-state index contributed by atoms with van der Waals surface area (Å²) < 4.78 is 13.7. The summed E-state index contributed by atoms with van der Waals surface area (Å²) in [6.07, 6.45) is 8.51. The molecule has 0 bridgehead atoms. The van der Waals surface area contributed by atoms with Gasteiger partial charge in [0.15, 0.2) is 0 Å². The van der Waals surface area contributed by atoms with Crippen LogP contribution in [0.4, 0.5) is 4.39 Å². The maximum absolute atomic E-state index is 13.7. The Hall–Kier alpha value is -0.960. The molecule has 0 aliphatic heterocycles. The maximum atomic E-state index is 13.7. The molecule has 0 atom stereocenters. The fourth-order valence-electron chi connectivity index (χ4n) is 2.62. The molecule has 1 saturated carbocycles. The van der Waals surface area contributed by atoms with E-state index < -0.39 is 0 Å². The highest BCUT2D eigenvalue weighted by Gasteiger charge is 2.34. The molecule has 1 heterocycles. The first kappa shape index (κ1) is 10.6. The molecule has 0 unspecified atom stereocenters. The quantitative estimate of drug-likeness (QED) is 0.810. The van der Waals surface area contributed by atoms with Crippen LogP contribution >= 0.6 is 0 Å². The zero-order valence-electron chi connectivity index (χ0n) is 8.88. The third-order valence-corrected chi connectivity index (χ3v) is 3.55. The van der Waals surface area contributed by atoms with Crippen LogP contribution in [0.1, 0.15) is 37.7 Å². The first-order chi connectivity index (χ1) is 7.28. The molecule has 2 nitrogen and oxygen atoms in total. The van der Waals surface area contributed by atoms with E-state index in [4.69, 9.17) is 5.73 Å². The summed E-state index contributed by atoms with van der Waals surface area (Å²) >= 11 is 0. The van der Waals surface area contributed by atoms with Crippen molar-refractivity contribution in [2.45, 2.75) is 37.5 Å². The van der Waals surface area contributed by atoms with Gasteiger partial charge in [-0.1, -0.05) is 19.3 Å². The highest BCUT2D eigenvalue weighted by molar-refractivity contribution is 5.25. The molecule has 1 aliphatic rings. The van der Waals surface area contributed by atoms with E-state index in [1.54, 1.807) is 12.3 Å². The van der Waals surface area contributed by atoms with Gasteiger partial charge in [0.25, 0.3) is 0 Å². The Morgan fingerprint density at radius 1 is 1.33 bits per heavy atom. The van der Waals surface area contributed by atoms with E-state index in [-0.39, 0.29) is 11.2 Å². The predicted octanol–water partition coefficient (Wildman–Crippen LogP) is 2.38. The van der Waals surface area contributed by atoms with E-state index in [0.29, 0.717) is 6.54 Å². The minimum atomic E-state index is -0.204. The number of aromatic nitrogens is 1. The van der Waals surface area contributed by atoms with Crippen molar-refractivity contribution in [3.8, 4) is 0 Å². The van der Waals surface area contributed by atoms with Crippen molar-refractivity contribution < 1.29 is 4.39 Å². The second-order valence-electron chi connectivity index (χ2n) is 4.40. The Labute approximate surface area is 89.7 Å². The van der Waals surface area contributed by atoms with E-state index in [1.165, 1.54) is 12.6 Å². The molecule has 0 amide bonds. The summed E-state index contributed by atoms with van der Waals surface area (Å²) in [6, 6.07) is 1.79. The molecule has 1 aliphatic carbocycles. The lowest BCUT2D eigenvalue weighted by Crippen LogP contribution is -2.38. The van der Waals surface area contributed by atoms with E-state index in [1.807, 2.05) is 0 Å². The minimum Gasteiger partial charge on any atom is -0.330 e. The number of rotatable bonds is 2. The zero-order valence-corrected chi connectivity index (χ0v) is 8.88. The van der Waals surface area contributed by atoms with Crippen LogP contribution in [0.5, 0.6) is 0 Å². The van der Waals surface area contributed by atoms with Gasteiger partial charge < -0.3 is 5.73 Å². The molecule has 0 radical (unpaired) electrons. The molecule has 1 aromatic rings. The topological polar surface area (TPSA) is 38.9 Å². The van der Waals surface area contributed by atoms with Crippen LogP contribution in [0.25, 0.3) is 0 Å². The second-order valence-corrected chi connectivity index (χ2v) is 4.40. The van der Waals surface area contributed by atoms with Crippen molar-refractivity contribution in [2.24, 2.45) is 5.73 Å². The van der Waals surface area contributed by atoms with Gasteiger partial charge in [0.2, 0.25) is 0 Å². The molecule has 0 saturated heterocycles. The molecule has 2 rings (SSSR count). The van der Waals surface area contributed by atoms with E-state index in [0.717, 1.165) is 31.2 Å². The number of halogens is 1. The molecule has 15 heavy (non-hydrogen) atoms. The van der Waals surface area contributed by atoms with E-state index in [9.17, 15) is 4.39 Å². The molecule has 1 fully saturated rings. The van der Waals surface area contributed by atoms with Gasteiger partial charge in [-0.15, -0.1) is 0 Å². The van der Waals surface area contributed by atoms with Crippen LogP contribution in [0.2, 0.25) is 0 Å². The highest BCUT2D eigenvalue weighted by atomic mass is 19.1. The average molecular weight is 208 g/mol. The summed E-state index contributed by atoms with van der Waals surface area (Å²) in [4.78, 5) is 3.79. The van der Waals surface area contributed by atoms with Gasteiger partial charge >= 0.3 is 0 Å². The standard InChI is InChI=1S/C12H17FN2/c13-11-8-15-7-4-10(11)12(9-14)5-2-1-3-6-12/h4,7-8H,1-3,5-6,9,14H2. The average Bonchev–Trinajstić information content (AvgIpc) is 2.30. The van der Waals surface area contributed by atoms with Crippen molar-refractivity contribution in [3.05, 3.63) is 29.8 Å². The van der Waals surface area contributed by atoms with Crippen molar-refractivity contribution in [1.82, 2.24) is 4.98 Å². The van der Waals surface area contributed by atoms with Gasteiger partial charge in [-0.05, 0) is 24.5 Å². The second kappa shape index (κ2) is 4.27. The monoisotopic (exact) mass is 208 g/mol. The molecule has 3 heteroatoms. The summed E-state index contributed by atoms with van der Waals surface area (Å²) in [5.41, 5.74) is 6.48. The Bertz CT molecular complexity index is 332. The van der Waals surface area contributed by atoms with Gasteiger partial charge in [-0.25, -0.2) is 4.39 Å². The first-order valence-electron chi connectivity index (χ1n) is 5.58. The van der Waals surface area contributed by atoms with Gasteiger partial charge in [0, 0.05) is 18.2 Å². The van der Waals surface area contributed by atoms with Crippen molar-refractivity contribution in [3.63, 3.8) is 0 Å². The van der Waals surface area contributed by atoms with Gasteiger partial charge in [0.1, 0.15) is 5.82 Å². The minimum absolute atomic E-state index is 0.134. The van der Waals surface area contributed by atoms with Crippen molar-refractivity contribution in [1.29, 1.82) is 0 Å². The number of pyridine rings is 1. The van der Waals surface area contributed by atoms with Crippen LogP contribution in [-0.4, -0.2) is 11.5 Å². The number of nitrogens with zero attached hydrogens (tertiary/aromatic N) is 1. The largest absolute Gasteiger partial charge is 0.330 e. The molecule has 2 N–H and O–H groups in total. The van der Waals surface area contributed by atoms with Gasteiger partial charge in [-0.3, -0.25) is 4.98 Å². The van der Waals surface area contributed by atoms with E-state index >= 15 is 0 Å². The number of hydrogen-bond donors (Lipinski definition) is 1. The SMILES string of the molecule is NCC1(c2ccncc2F)CCCCC1. The first-order valence-corrected chi connectivity index (χ1v) is 5.58. The third kappa shape index (κ3) is 1.88. The Morgan fingerprint density at radius 2 is 2.07 bits per heavy atom. The Kier molecular flexibility index (Phi) is 3.00. The lowest BCUT2D eigenvalue weighted by Gasteiger charge is -2.36. The molecule has 1 aromatic heterocycles. The van der Waals surface area contributed by atoms with Crippen molar-refractivity contribution in [2.75, 3.05) is 6.54 Å². The fraction of sp³-hybridized carbons (Fsp3) is 0.583. The molecule has 82 valence electrons. The molecular formula is C12H17FN2. The number of hydrogen-bond acceptors (Lipinski definition) is 2. The Balaban J connectivity index is 2.36. The zero-order chi connectivity index (χ0) is 10.7. The summed E-state index contributed by atoms with van der Waals surface area (Å²) in [5.74, 6) is -0.204. The summed E-state index contributed by atoms with van der Waals surface area (Å²) in [6.45, 7) is 0.536. The predicted molar refractivity (Wildman–Crippen MR) is 58.0 cm³/mol. The fourth-order valence-corrected chi connectivity index (χ4v) is 2.62. The number of nitrogens with two attached hydrogens (primary N) is 1. The lowest BCUT2D eigenvalue weighted by molar-refractivity contribution is 0.291. The van der Waals surface area contributed by atoms with Gasteiger partial charge in [0.05, 0.1) is 6.20 Å². The summed E-state index contributed by atoms with van der Waals surface area (Å²) in [5, 5.41) is 0. The van der Waals surface area contributed by atoms with E-state index in [2.05, 4.69) is 4.98 Å². The smallest absolute Gasteiger partial charge is 0.145 e. The van der Waals surface area contributed by atoms with Crippen LogP contribution in [-0.2, 0) is 5.41 Å². The van der Waals surface area contributed by atoms with Crippen LogP contribution in [0.15, 0.2) is 18.5 Å².